The predicted molar refractivity (Wildman–Crippen MR) is 110 cm³/mol. The molecule has 0 aliphatic carbocycles. The Bertz CT molecular complexity index is 752. The third-order valence-electron chi connectivity index (χ3n) is 4.93. The molecule has 0 bridgehead atoms. The maximum Gasteiger partial charge on any atom is 0.243 e. The van der Waals surface area contributed by atoms with Crippen LogP contribution < -0.4 is 20.5 Å². The van der Waals surface area contributed by atoms with Gasteiger partial charge in [0.05, 0.1) is 19.1 Å². The molecule has 0 aromatic heterocycles. The summed E-state index contributed by atoms with van der Waals surface area (Å²) in [7, 11) is -0.622. The molecule has 1 amide bonds. The molecule has 8 nitrogen and oxygen atoms in total. The summed E-state index contributed by atoms with van der Waals surface area (Å²) in [6, 6.07) is 4.60. The highest BCUT2D eigenvalue weighted by molar-refractivity contribution is 7.89. The third-order valence-corrected chi connectivity index (χ3v) is 6.83. The van der Waals surface area contributed by atoms with Gasteiger partial charge in [-0.05, 0) is 30.9 Å². The van der Waals surface area contributed by atoms with Crippen LogP contribution in [0.3, 0.4) is 0 Å². The Morgan fingerprint density at radius 2 is 1.86 bits per heavy atom. The van der Waals surface area contributed by atoms with Crippen LogP contribution in [-0.4, -0.2) is 59.0 Å². The van der Waals surface area contributed by atoms with E-state index in [1.807, 2.05) is 0 Å². The van der Waals surface area contributed by atoms with E-state index in [0.717, 1.165) is 0 Å². The molecule has 1 aromatic carbocycles. The zero-order chi connectivity index (χ0) is 20.0. The van der Waals surface area contributed by atoms with Crippen molar-refractivity contribution in [3.8, 4) is 11.5 Å². The molecular weight excluding hydrogens is 406 g/mol. The van der Waals surface area contributed by atoms with Gasteiger partial charge in [0.15, 0.2) is 11.5 Å². The van der Waals surface area contributed by atoms with Gasteiger partial charge < -0.3 is 20.5 Å². The Kier molecular flexibility index (Phi) is 9.49. The molecule has 1 saturated heterocycles. The first kappa shape index (κ1) is 24.5. The van der Waals surface area contributed by atoms with Gasteiger partial charge in [-0.1, -0.05) is 6.92 Å². The summed E-state index contributed by atoms with van der Waals surface area (Å²) in [6.45, 7) is 3.49. The first-order valence-corrected chi connectivity index (χ1v) is 10.5. The lowest BCUT2D eigenvalue weighted by Gasteiger charge is -2.31. The number of benzene rings is 1. The number of halogens is 1. The fourth-order valence-electron chi connectivity index (χ4n) is 3.01. The minimum absolute atomic E-state index is 0. The second-order valence-corrected chi connectivity index (χ2v) is 8.68. The van der Waals surface area contributed by atoms with E-state index in [2.05, 4.69) is 5.32 Å². The highest BCUT2D eigenvalue weighted by Gasteiger charge is 2.30. The fourth-order valence-corrected chi connectivity index (χ4v) is 4.49. The number of nitrogens with one attached hydrogen (secondary N) is 1. The molecule has 2 rings (SSSR count). The van der Waals surface area contributed by atoms with Crippen LogP contribution in [0.2, 0.25) is 0 Å². The molecule has 0 spiro atoms. The predicted octanol–water partition coefficient (Wildman–Crippen LogP) is 1.24. The van der Waals surface area contributed by atoms with E-state index < -0.39 is 10.0 Å². The van der Waals surface area contributed by atoms with Crippen molar-refractivity contribution in [2.24, 2.45) is 17.6 Å². The van der Waals surface area contributed by atoms with Crippen molar-refractivity contribution in [3.63, 3.8) is 0 Å². The topological polar surface area (TPSA) is 111 Å². The van der Waals surface area contributed by atoms with Crippen molar-refractivity contribution in [2.75, 3.05) is 40.4 Å². The molecule has 1 aliphatic rings. The van der Waals surface area contributed by atoms with Gasteiger partial charge >= 0.3 is 0 Å². The molecule has 3 N–H and O–H groups in total. The van der Waals surface area contributed by atoms with Crippen LogP contribution in [-0.2, 0) is 14.8 Å². The maximum absolute atomic E-state index is 12.9. The Morgan fingerprint density at radius 3 is 2.39 bits per heavy atom. The Morgan fingerprint density at radius 1 is 1.25 bits per heavy atom. The quantitative estimate of drug-likeness (QED) is 0.635. The van der Waals surface area contributed by atoms with Crippen LogP contribution >= 0.6 is 12.4 Å². The van der Waals surface area contributed by atoms with Crippen LogP contribution in [0.15, 0.2) is 23.1 Å². The van der Waals surface area contributed by atoms with Crippen molar-refractivity contribution < 1.29 is 22.7 Å². The number of carbonyl (C=O) groups excluding carboxylic acids is 1. The first-order chi connectivity index (χ1) is 12.8. The number of methoxy groups -OCH3 is 2. The van der Waals surface area contributed by atoms with Gasteiger partial charge in [-0.3, -0.25) is 4.79 Å². The maximum atomic E-state index is 12.9. The Hall–Kier alpha value is -1.55. The second-order valence-electron chi connectivity index (χ2n) is 6.75. The average molecular weight is 436 g/mol. The number of carbonyl (C=O) groups is 1. The average Bonchev–Trinajstić information content (AvgIpc) is 2.70. The lowest BCUT2D eigenvalue weighted by molar-refractivity contribution is -0.124. The summed E-state index contributed by atoms with van der Waals surface area (Å²) in [5.74, 6) is 0.854. The van der Waals surface area contributed by atoms with Gasteiger partial charge in [0.2, 0.25) is 15.9 Å². The molecule has 1 aromatic rings. The molecular formula is C18H30ClN3O5S. The monoisotopic (exact) mass is 435 g/mol. The Balaban J connectivity index is 0.00000392. The number of nitrogens with zero attached hydrogens (tertiary/aromatic N) is 1. The summed E-state index contributed by atoms with van der Waals surface area (Å²) >= 11 is 0. The zero-order valence-corrected chi connectivity index (χ0v) is 18.1. The molecule has 0 saturated carbocycles. The SMILES string of the molecule is COc1ccc(S(=O)(=O)N2CCC(CNC(=O)C(C)CN)CC2)cc1OC.Cl. The van der Waals surface area contributed by atoms with Crippen LogP contribution in [0.25, 0.3) is 0 Å². The third kappa shape index (κ3) is 5.73. The van der Waals surface area contributed by atoms with Gasteiger partial charge in [-0.2, -0.15) is 4.31 Å². The fraction of sp³-hybridized carbons (Fsp3) is 0.611. The van der Waals surface area contributed by atoms with Crippen molar-refractivity contribution in [1.29, 1.82) is 0 Å². The number of nitrogens with two attached hydrogens (primary N) is 1. The van der Waals surface area contributed by atoms with Crippen molar-refractivity contribution >= 4 is 28.3 Å². The van der Waals surface area contributed by atoms with E-state index in [0.29, 0.717) is 50.5 Å². The minimum Gasteiger partial charge on any atom is -0.493 e. The minimum atomic E-state index is -3.60. The summed E-state index contributed by atoms with van der Waals surface area (Å²) in [5.41, 5.74) is 5.49. The molecule has 28 heavy (non-hydrogen) atoms. The molecule has 10 heteroatoms. The van der Waals surface area contributed by atoms with Crippen LogP contribution in [0, 0.1) is 11.8 Å². The highest BCUT2D eigenvalue weighted by Crippen LogP contribution is 2.31. The summed E-state index contributed by atoms with van der Waals surface area (Å²) in [4.78, 5) is 12.0. The van der Waals surface area contributed by atoms with Crippen molar-refractivity contribution in [1.82, 2.24) is 9.62 Å². The summed E-state index contributed by atoms with van der Waals surface area (Å²) in [5, 5.41) is 2.90. The summed E-state index contributed by atoms with van der Waals surface area (Å²) in [6.07, 6.45) is 1.40. The number of sulfonamides is 1. The van der Waals surface area contributed by atoms with Crippen molar-refractivity contribution in [3.05, 3.63) is 18.2 Å². The van der Waals surface area contributed by atoms with Crippen LogP contribution in [0.4, 0.5) is 0 Å². The molecule has 0 radical (unpaired) electrons. The highest BCUT2D eigenvalue weighted by atomic mass is 35.5. The van der Waals surface area contributed by atoms with E-state index in [9.17, 15) is 13.2 Å². The molecule has 1 heterocycles. The van der Waals surface area contributed by atoms with E-state index in [1.54, 1.807) is 13.0 Å². The normalized spacial score (nSPS) is 16.7. The molecule has 1 unspecified atom stereocenters. The van der Waals surface area contributed by atoms with Crippen LogP contribution in [0.1, 0.15) is 19.8 Å². The van der Waals surface area contributed by atoms with Crippen LogP contribution in [0.5, 0.6) is 11.5 Å². The van der Waals surface area contributed by atoms with E-state index in [-0.39, 0.29) is 35.0 Å². The molecule has 160 valence electrons. The number of piperidine rings is 1. The number of hydrogen-bond acceptors (Lipinski definition) is 6. The molecule has 1 aliphatic heterocycles. The second kappa shape index (κ2) is 10.8. The van der Waals surface area contributed by atoms with E-state index >= 15 is 0 Å². The van der Waals surface area contributed by atoms with E-state index in [1.165, 1.54) is 30.7 Å². The zero-order valence-electron chi connectivity index (χ0n) is 16.5. The van der Waals surface area contributed by atoms with Gasteiger partial charge in [0.25, 0.3) is 0 Å². The number of hydrogen-bond donors (Lipinski definition) is 2. The first-order valence-electron chi connectivity index (χ1n) is 9.03. The van der Waals surface area contributed by atoms with E-state index in [4.69, 9.17) is 15.2 Å². The van der Waals surface area contributed by atoms with Gasteiger partial charge in [-0.15, -0.1) is 12.4 Å². The van der Waals surface area contributed by atoms with Gasteiger partial charge in [0.1, 0.15) is 0 Å². The molecule has 1 atom stereocenters. The standard InChI is InChI=1S/C18H29N3O5S.ClH/c1-13(11-19)18(22)20-12-14-6-8-21(9-7-14)27(23,24)15-4-5-16(25-2)17(10-15)26-3;/h4-5,10,13-14H,6-9,11-12,19H2,1-3H3,(H,20,22);1H. The lowest BCUT2D eigenvalue weighted by Crippen LogP contribution is -2.42. The smallest absolute Gasteiger partial charge is 0.243 e. The lowest BCUT2D eigenvalue weighted by atomic mass is 9.98. The number of rotatable bonds is 8. The Labute approximate surface area is 173 Å². The van der Waals surface area contributed by atoms with Crippen molar-refractivity contribution in [2.45, 2.75) is 24.7 Å². The molecule has 1 fully saturated rings. The summed E-state index contributed by atoms with van der Waals surface area (Å²) < 4.78 is 37.6. The number of ether oxygens (including phenoxy) is 2. The largest absolute Gasteiger partial charge is 0.493 e. The van der Waals surface area contributed by atoms with Gasteiger partial charge in [0, 0.05) is 38.2 Å². The number of amides is 1. The van der Waals surface area contributed by atoms with Gasteiger partial charge in [-0.25, -0.2) is 8.42 Å².